The third-order valence-electron chi connectivity index (χ3n) is 5.26. The number of rotatable bonds is 15. The fourth-order valence-corrected chi connectivity index (χ4v) is 3.67. The molecular formula is C24H42. The van der Waals surface area contributed by atoms with E-state index in [2.05, 4.69) is 51.1 Å². The van der Waals surface area contributed by atoms with Gasteiger partial charge in [-0.05, 0) is 30.2 Å². The van der Waals surface area contributed by atoms with Crippen LogP contribution >= 0.6 is 0 Å². The summed E-state index contributed by atoms with van der Waals surface area (Å²) in [5.74, 6) is 1.66. The van der Waals surface area contributed by atoms with Gasteiger partial charge in [0.05, 0.1) is 0 Å². The first-order valence-electron chi connectivity index (χ1n) is 10.8. The molecule has 1 atom stereocenters. The normalized spacial score (nSPS) is 12.7. The summed E-state index contributed by atoms with van der Waals surface area (Å²) in [6.07, 6.45) is 18.4. The fourth-order valence-electron chi connectivity index (χ4n) is 3.67. The van der Waals surface area contributed by atoms with Gasteiger partial charge in [0, 0.05) is 0 Å². The van der Waals surface area contributed by atoms with E-state index in [1.165, 1.54) is 83.5 Å². The van der Waals surface area contributed by atoms with Crippen molar-refractivity contribution in [3.63, 3.8) is 0 Å². The van der Waals surface area contributed by atoms with Gasteiger partial charge in [0.2, 0.25) is 0 Å². The molecule has 0 saturated carbocycles. The standard InChI is InChI=1S/C24H42/c1-4-5-6-7-8-9-13-18-23(24-20-15-11-16-21-24)19-14-10-12-17-22(2)3/h11,15-16,20-23H,4-10,12-14,17-19H2,1-3H3. The van der Waals surface area contributed by atoms with Crippen LogP contribution in [-0.4, -0.2) is 0 Å². The first-order chi connectivity index (χ1) is 11.7. The monoisotopic (exact) mass is 330 g/mol. The second-order valence-corrected chi connectivity index (χ2v) is 8.05. The Hall–Kier alpha value is -0.780. The molecule has 0 bridgehead atoms. The highest BCUT2D eigenvalue weighted by molar-refractivity contribution is 5.19. The molecule has 0 fully saturated rings. The van der Waals surface area contributed by atoms with Gasteiger partial charge in [-0.2, -0.15) is 0 Å². The molecule has 0 heterocycles. The van der Waals surface area contributed by atoms with Gasteiger partial charge in [-0.15, -0.1) is 0 Å². The van der Waals surface area contributed by atoms with Crippen molar-refractivity contribution in [2.75, 3.05) is 0 Å². The average Bonchev–Trinajstić information content (AvgIpc) is 2.59. The van der Waals surface area contributed by atoms with Gasteiger partial charge in [0.1, 0.15) is 0 Å². The van der Waals surface area contributed by atoms with Gasteiger partial charge in [-0.1, -0.05) is 122 Å². The van der Waals surface area contributed by atoms with Crippen molar-refractivity contribution in [2.45, 2.75) is 110 Å². The summed E-state index contributed by atoms with van der Waals surface area (Å²) in [6.45, 7) is 6.98. The highest BCUT2D eigenvalue weighted by Gasteiger charge is 2.11. The lowest BCUT2D eigenvalue weighted by Gasteiger charge is -2.17. The smallest absolute Gasteiger partial charge is 0.0162 e. The summed E-state index contributed by atoms with van der Waals surface area (Å²) < 4.78 is 0. The summed E-state index contributed by atoms with van der Waals surface area (Å²) in [7, 11) is 0. The third kappa shape index (κ3) is 10.9. The molecule has 1 unspecified atom stereocenters. The van der Waals surface area contributed by atoms with Gasteiger partial charge < -0.3 is 0 Å². The molecular weight excluding hydrogens is 288 g/mol. The summed E-state index contributed by atoms with van der Waals surface area (Å²) in [5, 5.41) is 0. The molecule has 138 valence electrons. The van der Waals surface area contributed by atoms with Crippen molar-refractivity contribution in [2.24, 2.45) is 5.92 Å². The zero-order valence-electron chi connectivity index (χ0n) is 16.7. The summed E-state index contributed by atoms with van der Waals surface area (Å²) in [6, 6.07) is 11.3. The quantitative estimate of drug-likeness (QED) is 0.283. The van der Waals surface area contributed by atoms with Crippen molar-refractivity contribution in [1.82, 2.24) is 0 Å². The Morgan fingerprint density at radius 3 is 1.71 bits per heavy atom. The van der Waals surface area contributed by atoms with Crippen molar-refractivity contribution in [3.05, 3.63) is 35.9 Å². The lowest BCUT2D eigenvalue weighted by Crippen LogP contribution is -2.00. The molecule has 1 aromatic carbocycles. The minimum Gasteiger partial charge on any atom is -0.0654 e. The molecule has 24 heavy (non-hydrogen) atoms. The van der Waals surface area contributed by atoms with E-state index < -0.39 is 0 Å². The Bertz CT molecular complexity index is 365. The zero-order valence-corrected chi connectivity index (χ0v) is 16.7. The van der Waals surface area contributed by atoms with Crippen molar-refractivity contribution >= 4 is 0 Å². The van der Waals surface area contributed by atoms with Crippen LogP contribution in [0, 0.1) is 5.92 Å². The Kier molecular flexibility index (Phi) is 12.9. The van der Waals surface area contributed by atoms with Gasteiger partial charge in [0.25, 0.3) is 0 Å². The van der Waals surface area contributed by atoms with Crippen LogP contribution in [0.15, 0.2) is 30.3 Å². The van der Waals surface area contributed by atoms with Gasteiger partial charge in [-0.25, -0.2) is 0 Å². The summed E-state index contributed by atoms with van der Waals surface area (Å²) in [4.78, 5) is 0. The molecule has 0 aliphatic heterocycles. The summed E-state index contributed by atoms with van der Waals surface area (Å²) in [5.41, 5.74) is 1.58. The maximum absolute atomic E-state index is 2.35. The van der Waals surface area contributed by atoms with Gasteiger partial charge in [0.15, 0.2) is 0 Å². The van der Waals surface area contributed by atoms with E-state index in [9.17, 15) is 0 Å². The predicted molar refractivity (Wildman–Crippen MR) is 110 cm³/mol. The van der Waals surface area contributed by atoms with Crippen LogP contribution < -0.4 is 0 Å². The largest absolute Gasteiger partial charge is 0.0654 e. The number of benzene rings is 1. The second-order valence-electron chi connectivity index (χ2n) is 8.05. The van der Waals surface area contributed by atoms with E-state index in [1.807, 2.05) is 0 Å². The molecule has 0 aliphatic carbocycles. The van der Waals surface area contributed by atoms with E-state index in [-0.39, 0.29) is 0 Å². The molecule has 0 aliphatic rings. The zero-order chi connectivity index (χ0) is 17.5. The van der Waals surface area contributed by atoms with Crippen LogP contribution in [-0.2, 0) is 0 Å². The Morgan fingerprint density at radius 2 is 1.12 bits per heavy atom. The Balaban J connectivity index is 2.26. The average molecular weight is 331 g/mol. The van der Waals surface area contributed by atoms with Gasteiger partial charge in [-0.3, -0.25) is 0 Å². The minimum absolute atomic E-state index is 0.792. The highest BCUT2D eigenvalue weighted by Crippen LogP contribution is 2.28. The Morgan fingerprint density at radius 1 is 0.625 bits per heavy atom. The van der Waals surface area contributed by atoms with E-state index >= 15 is 0 Å². The molecule has 0 radical (unpaired) electrons. The van der Waals surface area contributed by atoms with Gasteiger partial charge >= 0.3 is 0 Å². The third-order valence-corrected chi connectivity index (χ3v) is 5.26. The highest BCUT2D eigenvalue weighted by atomic mass is 14.2. The maximum atomic E-state index is 2.35. The van der Waals surface area contributed by atoms with Crippen molar-refractivity contribution < 1.29 is 0 Å². The SMILES string of the molecule is CCCCCCCCCC(CCCCCC(C)C)c1ccccc1. The molecule has 1 rings (SSSR count). The lowest BCUT2D eigenvalue weighted by molar-refractivity contribution is 0.472. The van der Waals surface area contributed by atoms with E-state index in [0.29, 0.717) is 0 Å². The topological polar surface area (TPSA) is 0 Å². The molecule has 0 spiro atoms. The fraction of sp³-hybridized carbons (Fsp3) is 0.750. The summed E-state index contributed by atoms with van der Waals surface area (Å²) >= 11 is 0. The first-order valence-corrected chi connectivity index (χ1v) is 10.8. The van der Waals surface area contributed by atoms with E-state index in [1.54, 1.807) is 5.56 Å². The number of hydrogen-bond acceptors (Lipinski definition) is 0. The molecule has 1 aromatic rings. The second kappa shape index (κ2) is 14.6. The first kappa shape index (κ1) is 21.3. The van der Waals surface area contributed by atoms with Crippen LogP contribution in [0.4, 0.5) is 0 Å². The molecule has 0 aromatic heterocycles. The van der Waals surface area contributed by atoms with Crippen molar-refractivity contribution in [1.29, 1.82) is 0 Å². The van der Waals surface area contributed by atoms with Crippen LogP contribution in [0.2, 0.25) is 0 Å². The van der Waals surface area contributed by atoms with Crippen LogP contribution in [0.3, 0.4) is 0 Å². The molecule has 0 amide bonds. The number of hydrogen-bond donors (Lipinski definition) is 0. The molecule has 0 nitrogen and oxygen atoms in total. The molecule has 0 heteroatoms. The van der Waals surface area contributed by atoms with E-state index in [0.717, 1.165) is 11.8 Å². The van der Waals surface area contributed by atoms with E-state index in [4.69, 9.17) is 0 Å². The molecule has 0 saturated heterocycles. The van der Waals surface area contributed by atoms with Crippen LogP contribution in [0.25, 0.3) is 0 Å². The lowest BCUT2D eigenvalue weighted by atomic mass is 9.88. The number of unbranched alkanes of at least 4 members (excludes halogenated alkanes) is 8. The van der Waals surface area contributed by atoms with Crippen LogP contribution in [0.1, 0.15) is 116 Å². The minimum atomic E-state index is 0.792. The van der Waals surface area contributed by atoms with Crippen molar-refractivity contribution in [3.8, 4) is 0 Å². The molecule has 0 N–H and O–H groups in total. The van der Waals surface area contributed by atoms with Crippen LogP contribution in [0.5, 0.6) is 0 Å². The maximum Gasteiger partial charge on any atom is -0.0162 e. The Labute approximate surface area is 152 Å². The predicted octanol–water partition coefficient (Wildman–Crippen LogP) is 8.52.